The number of benzene rings is 1. The first-order valence-corrected chi connectivity index (χ1v) is 4.27. The molecule has 0 aromatic heterocycles. The molecule has 0 heterocycles. The lowest BCUT2D eigenvalue weighted by Crippen LogP contribution is -1.98. The lowest BCUT2D eigenvalue weighted by atomic mass is 10.1. The molecule has 1 aromatic carbocycles. The molecule has 0 spiro atoms. The van der Waals surface area contributed by atoms with E-state index < -0.39 is 4.92 Å². The van der Waals surface area contributed by atoms with Gasteiger partial charge in [-0.25, -0.2) is 0 Å². The van der Waals surface area contributed by atoms with E-state index in [0.717, 1.165) is 0 Å². The van der Waals surface area contributed by atoms with Crippen LogP contribution in [0.5, 0.6) is 0 Å². The molecule has 4 nitrogen and oxygen atoms in total. The Morgan fingerprint density at radius 2 is 2.07 bits per heavy atom. The number of carbonyl (C=O) groups is 1. The van der Waals surface area contributed by atoms with Crippen molar-refractivity contribution in [3.63, 3.8) is 0 Å². The van der Waals surface area contributed by atoms with Crippen LogP contribution in [0.25, 0.3) is 0 Å². The van der Waals surface area contributed by atoms with Gasteiger partial charge in [0.15, 0.2) is 5.78 Å². The van der Waals surface area contributed by atoms with Crippen LogP contribution in [0.15, 0.2) is 12.1 Å². The van der Waals surface area contributed by atoms with Gasteiger partial charge < -0.3 is 0 Å². The van der Waals surface area contributed by atoms with Gasteiger partial charge in [0.2, 0.25) is 0 Å². The number of nitro groups is 1. The molecule has 74 valence electrons. The van der Waals surface area contributed by atoms with Gasteiger partial charge >= 0.3 is 0 Å². The third kappa shape index (κ3) is 1.75. The maximum Gasteiger partial charge on any atom is 0.273 e. The van der Waals surface area contributed by atoms with Crippen LogP contribution in [0, 0.1) is 17.0 Å². The summed E-state index contributed by atoms with van der Waals surface area (Å²) in [6.07, 6.45) is 0. The molecule has 14 heavy (non-hydrogen) atoms. The summed E-state index contributed by atoms with van der Waals surface area (Å²) >= 11 is 5.81. The molecule has 0 radical (unpaired) electrons. The molecule has 0 fully saturated rings. The van der Waals surface area contributed by atoms with Crippen LogP contribution in [-0.4, -0.2) is 10.7 Å². The first-order chi connectivity index (χ1) is 6.45. The first kappa shape index (κ1) is 10.7. The lowest BCUT2D eigenvalue weighted by Gasteiger charge is -2.03. The van der Waals surface area contributed by atoms with Crippen LogP contribution in [0.3, 0.4) is 0 Å². The van der Waals surface area contributed by atoms with Gasteiger partial charge in [0.1, 0.15) is 0 Å². The second kappa shape index (κ2) is 3.75. The molecule has 0 saturated heterocycles. The van der Waals surface area contributed by atoms with Crippen molar-refractivity contribution < 1.29 is 9.72 Å². The van der Waals surface area contributed by atoms with Crippen molar-refractivity contribution >= 4 is 23.1 Å². The van der Waals surface area contributed by atoms with Gasteiger partial charge in [-0.05, 0) is 19.9 Å². The Kier molecular flexibility index (Phi) is 2.86. The molecule has 0 bridgehead atoms. The average Bonchev–Trinajstić information content (AvgIpc) is 2.08. The van der Waals surface area contributed by atoms with Crippen LogP contribution in [0.4, 0.5) is 5.69 Å². The molecule has 5 heteroatoms. The quantitative estimate of drug-likeness (QED) is 0.431. The van der Waals surface area contributed by atoms with Gasteiger partial charge in [0.25, 0.3) is 5.69 Å². The van der Waals surface area contributed by atoms with Crippen LogP contribution >= 0.6 is 11.6 Å². The monoisotopic (exact) mass is 213 g/mol. The molecule has 0 aliphatic heterocycles. The maximum atomic E-state index is 11.0. The van der Waals surface area contributed by atoms with E-state index in [1.807, 2.05) is 0 Å². The van der Waals surface area contributed by atoms with Crippen LogP contribution < -0.4 is 0 Å². The van der Waals surface area contributed by atoms with Gasteiger partial charge in [-0.15, -0.1) is 0 Å². The largest absolute Gasteiger partial charge is 0.294 e. The second-order valence-corrected chi connectivity index (χ2v) is 3.26. The van der Waals surface area contributed by atoms with Crippen molar-refractivity contribution in [1.29, 1.82) is 0 Å². The SMILES string of the molecule is CC(=O)c1ccc([N+](=O)[O-])c(C)c1Cl. The fourth-order valence-electron chi connectivity index (χ4n) is 1.14. The summed E-state index contributed by atoms with van der Waals surface area (Å²) in [5.41, 5.74) is 0.569. The number of hydrogen-bond donors (Lipinski definition) is 0. The number of ketones is 1. The number of rotatable bonds is 2. The minimum atomic E-state index is -0.523. The van der Waals surface area contributed by atoms with Crippen molar-refractivity contribution in [3.05, 3.63) is 38.4 Å². The minimum absolute atomic E-state index is 0.0694. The normalized spacial score (nSPS) is 9.93. The summed E-state index contributed by atoms with van der Waals surface area (Å²) in [6, 6.07) is 2.66. The Hall–Kier alpha value is -1.42. The average molecular weight is 214 g/mol. The predicted molar refractivity (Wildman–Crippen MR) is 52.8 cm³/mol. The van der Waals surface area contributed by atoms with Crippen molar-refractivity contribution in [3.8, 4) is 0 Å². The molecule has 0 atom stereocenters. The third-order valence-electron chi connectivity index (χ3n) is 1.93. The first-order valence-electron chi connectivity index (χ1n) is 3.89. The van der Waals surface area contributed by atoms with Crippen LogP contribution in [-0.2, 0) is 0 Å². The van der Waals surface area contributed by atoms with Crippen molar-refractivity contribution in [2.45, 2.75) is 13.8 Å². The molecule has 0 aliphatic carbocycles. The lowest BCUT2D eigenvalue weighted by molar-refractivity contribution is -0.385. The van der Waals surface area contributed by atoms with E-state index in [1.165, 1.54) is 26.0 Å². The highest BCUT2D eigenvalue weighted by Crippen LogP contribution is 2.28. The summed E-state index contributed by atoms with van der Waals surface area (Å²) in [5.74, 6) is -0.201. The van der Waals surface area contributed by atoms with E-state index in [0.29, 0.717) is 11.1 Å². The van der Waals surface area contributed by atoms with Gasteiger partial charge in [-0.2, -0.15) is 0 Å². The fraction of sp³-hybridized carbons (Fsp3) is 0.222. The molecule has 0 saturated carbocycles. The summed E-state index contributed by atoms with van der Waals surface area (Å²) < 4.78 is 0. The van der Waals surface area contributed by atoms with Gasteiger partial charge in [0, 0.05) is 17.2 Å². The Balaban J connectivity index is 3.41. The minimum Gasteiger partial charge on any atom is -0.294 e. The van der Waals surface area contributed by atoms with Crippen molar-refractivity contribution in [1.82, 2.24) is 0 Å². The van der Waals surface area contributed by atoms with E-state index in [2.05, 4.69) is 0 Å². The van der Waals surface area contributed by atoms with E-state index >= 15 is 0 Å². The highest BCUT2D eigenvalue weighted by molar-refractivity contribution is 6.34. The Labute approximate surface area is 85.6 Å². The number of carbonyl (C=O) groups excluding carboxylic acids is 1. The van der Waals surface area contributed by atoms with Crippen molar-refractivity contribution in [2.75, 3.05) is 0 Å². The summed E-state index contributed by atoms with van der Waals surface area (Å²) in [6.45, 7) is 2.89. The Morgan fingerprint density at radius 3 is 2.50 bits per heavy atom. The number of hydrogen-bond acceptors (Lipinski definition) is 3. The summed E-state index contributed by atoms with van der Waals surface area (Å²) in [4.78, 5) is 21.0. The van der Waals surface area contributed by atoms with E-state index in [-0.39, 0.29) is 16.5 Å². The highest BCUT2D eigenvalue weighted by atomic mass is 35.5. The van der Waals surface area contributed by atoms with Crippen LogP contribution in [0.2, 0.25) is 5.02 Å². The van der Waals surface area contributed by atoms with Gasteiger partial charge in [-0.3, -0.25) is 14.9 Å². The molecule has 0 amide bonds. The smallest absolute Gasteiger partial charge is 0.273 e. The predicted octanol–water partition coefficient (Wildman–Crippen LogP) is 2.76. The Morgan fingerprint density at radius 1 is 1.50 bits per heavy atom. The number of halogens is 1. The third-order valence-corrected chi connectivity index (χ3v) is 2.42. The zero-order valence-electron chi connectivity index (χ0n) is 7.70. The van der Waals surface area contributed by atoms with Crippen LogP contribution in [0.1, 0.15) is 22.8 Å². The van der Waals surface area contributed by atoms with E-state index in [9.17, 15) is 14.9 Å². The molecule has 0 N–H and O–H groups in total. The van der Waals surface area contributed by atoms with Crippen molar-refractivity contribution in [2.24, 2.45) is 0 Å². The summed E-state index contributed by atoms with van der Waals surface area (Å²) in [5, 5.41) is 10.7. The van der Waals surface area contributed by atoms with E-state index in [1.54, 1.807) is 0 Å². The molecular weight excluding hydrogens is 206 g/mol. The topological polar surface area (TPSA) is 60.2 Å². The molecule has 1 rings (SSSR count). The number of Topliss-reactive ketones (excluding diaryl/α,β-unsaturated/α-hetero) is 1. The molecule has 0 aliphatic rings. The highest BCUT2D eigenvalue weighted by Gasteiger charge is 2.17. The van der Waals surface area contributed by atoms with Gasteiger partial charge in [-0.1, -0.05) is 11.6 Å². The number of nitrogens with zero attached hydrogens (tertiary/aromatic N) is 1. The second-order valence-electron chi connectivity index (χ2n) is 2.88. The standard InChI is InChI=1S/C9H8ClNO3/c1-5-8(11(13)14)4-3-7(6(2)12)9(5)10/h3-4H,1-2H3. The maximum absolute atomic E-state index is 11.0. The number of nitro benzene ring substituents is 1. The molecular formula is C9H8ClNO3. The summed E-state index contributed by atoms with van der Waals surface area (Å²) in [7, 11) is 0. The molecule has 1 aromatic rings. The van der Waals surface area contributed by atoms with E-state index in [4.69, 9.17) is 11.6 Å². The Bertz CT molecular complexity index is 376. The fourth-order valence-corrected chi connectivity index (χ4v) is 1.44. The van der Waals surface area contributed by atoms with Gasteiger partial charge in [0.05, 0.1) is 9.95 Å². The molecule has 0 unspecified atom stereocenters. The zero-order valence-corrected chi connectivity index (χ0v) is 8.46. The zero-order chi connectivity index (χ0) is 10.9.